The summed E-state index contributed by atoms with van der Waals surface area (Å²) in [6.07, 6.45) is 4.93. The largest absolute Gasteiger partial charge is 0.481 e. The van der Waals surface area contributed by atoms with Crippen molar-refractivity contribution in [2.75, 3.05) is 0 Å². The molecular weight excluding hydrogens is 232 g/mol. The van der Waals surface area contributed by atoms with Crippen molar-refractivity contribution in [1.29, 1.82) is 0 Å². The molecule has 0 aromatic carbocycles. The van der Waals surface area contributed by atoms with E-state index in [1.165, 1.54) is 12.8 Å². The highest BCUT2D eigenvalue weighted by molar-refractivity contribution is 5.71. The van der Waals surface area contributed by atoms with Crippen LogP contribution in [0.1, 0.15) is 50.2 Å². The van der Waals surface area contributed by atoms with E-state index in [-0.39, 0.29) is 11.8 Å². The number of aromatic nitrogens is 2. The van der Waals surface area contributed by atoms with Gasteiger partial charge in [0.1, 0.15) is 0 Å². The molecule has 2 aliphatic rings. The highest BCUT2D eigenvalue weighted by atomic mass is 16.5. The van der Waals surface area contributed by atoms with E-state index in [4.69, 9.17) is 4.52 Å². The quantitative estimate of drug-likeness (QED) is 0.886. The molecule has 98 valence electrons. The van der Waals surface area contributed by atoms with Gasteiger partial charge in [-0.25, -0.2) is 0 Å². The molecule has 0 spiro atoms. The maximum atomic E-state index is 11.2. The average Bonchev–Trinajstić information content (AvgIpc) is 2.85. The summed E-state index contributed by atoms with van der Waals surface area (Å²) in [6.45, 7) is 2.08. The minimum Gasteiger partial charge on any atom is -0.481 e. The third-order valence-corrected chi connectivity index (χ3v) is 4.08. The summed E-state index contributed by atoms with van der Waals surface area (Å²) in [5.74, 6) is 1.19. The summed E-state index contributed by atoms with van der Waals surface area (Å²) >= 11 is 0. The molecule has 3 unspecified atom stereocenters. The van der Waals surface area contributed by atoms with Crippen molar-refractivity contribution in [1.82, 2.24) is 10.1 Å². The number of hydrogen-bond acceptors (Lipinski definition) is 4. The Kier molecular flexibility index (Phi) is 2.84. The van der Waals surface area contributed by atoms with E-state index >= 15 is 0 Å². The SMILES string of the molecule is CC1CC(C(=O)O)C(c2nc(CC3CC3)no2)C1. The van der Waals surface area contributed by atoms with Crippen LogP contribution in [-0.4, -0.2) is 21.2 Å². The third kappa shape index (κ3) is 2.26. The number of aliphatic carboxylic acids is 1. The van der Waals surface area contributed by atoms with Crippen LogP contribution in [0.5, 0.6) is 0 Å². The molecular formula is C13H18N2O3. The van der Waals surface area contributed by atoms with Gasteiger partial charge in [-0.05, 0) is 37.5 Å². The number of carboxylic acids is 1. The third-order valence-electron chi connectivity index (χ3n) is 4.08. The Morgan fingerprint density at radius 2 is 2.22 bits per heavy atom. The Hall–Kier alpha value is -1.39. The lowest BCUT2D eigenvalue weighted by atomic mass is 9.96. The van der Waals surface area contributed by atoms with Crippen LogP contribution in [0.3, 0.4) is 0 Å². The topological polar surface area (TPSA) is 76.2 Å². The van der Waals surface area contributed by atoms with Crippen molar-refractivity contribution < 1.29 is 14.4 Å². The van der Waals surface area contributed by atoms with E-state index in [2.05, 4.69) is 17.1 Å². The molecule has 0 saturated heterocycles. The molecule has 1 aromatic heterocycles. The second-order valence-corrected chi connectivity index (χ2v) is 5.82. The van der Waals surface area contributed by atoms with Crippen LogP contribution < -0.4 is 0 Å². The van der Waals surface area contributed by atoms with Gasteiger partial charge in [-0.2, -0.15) is 4.98 Å². The summed E-state index contributed by atoms with van der Waals surface area (Å²) < 4.78 is 5.28. The monoisotopic (exact) mass is 250 g/mol. The first kappa shape index (κ1) is 11.7. The molecule has 18 heavy (non-hydrogen) atoms. The molecule has 0 bridgehead atoms. The Bertz CT molecular complexity index is 453. The zero-order valence-corrected chi connectivity index (χ0v) is 10.5. The lowest BCUT2D eigenvalue weighted by Crippen LogP contribution is -2.17. The Balaban J connectivity index is 1.75. The predicted molar refractivity (Wildman–Crippen MR) is 63.0 cm³/mol. The van der Waals surface area contributed by atoms with Crippen LogP contribution in [0.15, 0.2) is 4.52 Å². The lowest BCUT2D eigenvalue weighted by Gasteiger charge is -2.09. The maximum Gasteiger partial charge on any atom is 0.307 e. The zero-order chi connectivity index (χ0) is 12.7. The summed E-state index contributed by atoms with van der Waals surface area (Å²) in [7, 11) is 0. The van der Waals surface area contributed by atoms with Crippen LogP contribution in [0.2, 0.25) is 0 Å². The Morgan fingerprint density at radius 1 is 1.44 bits per heavy atom. The van der Waals surface area contributed by atoms with E-state index in [9.17, 15) is 9.90 Å². The van der Waals surface area contributed by atoms with Crippen LogP contribution in [-0.2, 0) is 11.2 Å². The van der Waals surface area contributed by atoms with Gasteiger partial charge in [-0.3, -0.25) is 4.79 Å². The number of carbonyl (C=O) groups is 1. The van der Waals surface area contributed by atoms with E-state index in [1.807, 2.05) is 0 Å². The number of rotatable bonds is 4. The summed E-state index contributed by atoms with van der Waals surface area (Å²) in [5.41, 5.74) is 0. The molecule has 1 N–H and O–H groups in total. The fraction of sp³-hybridized carbons (Fsp3) is 0.769. The lowest BCUT2D eigenvalue weighted by molar-refractivity contribution is -0.142. The molecule has 2 aliphatic carbocycles. The minimum absolute atomic E-state index is 0.0991. The second-order valence-electron chi connectivity index (χ2n) is 5.82. The Labute approximate surface area is 106 Å². The van der Waals surface area contributed by atoms with Crippen molar-refractivity contribution in [3.63, 3.8) is 0 Å². The van der Waals surface area contributed by atoms with Gasteiger partial charge in [0.15, 0.2) is 5.82 Å². The molecule has 1 heterocycles. The summed E-state index contributed by atoms with van der Waals surface area (Å²) in [5, 5.41) is 13.2. The maximum absolute atomic E-state index is 11.2. The number of hydrogen-bond donors (Lipinski definition) is 1. The van der Waals surface area contributed by atoms with Gasteiger partial charge in [0, 0.05) is 6.42 Å². The van der Waals surface area contributed by atoms with E-state index in [0.717, 1.165) is 18.7 Å². The molecule has 1 aromatic rings. The first-order valence-corrected chi connectivity index (χ1v) is 6.68. The van der Waals surface area contributed by atoms with Gasteiger partial charge in [0.05, 0.1) is 11.8 Å². The molecule has 2 fully saturated rings. The van der Waals surface area contributed by atoms with Gasteiger partial charge in [-0.15, -0.1) is 0 Å². The standard InChI is InChI=1S/C13H18N2O3/c1-7-4-9(10(5-7)13(16)17)12-14-11(15-18-12)6-8-2-3-8/h7-10H,2-6H2,1H3,(H,16,17). The van der Waals surface area contributed by atoms with Crippen molar-refractivity contribution in [3.05, 3.63) is 11.7 Å². The van der Waals surface area contributed by atoms with Gasteiger partial charge in [0.25, 0.3) is 0 Å². The molecule has 5 heteroatoms. The van der Waals surface area contributed by atoms with E-state index in [0.29, 0.717) is 24.1 Å². The molecule has 0 aliphatic heterocycles. The fourth-order valence-corrected chi connectivity index (χ4v) is 2.92. The molecule has 0 radical (unpaired) electrons. The van der Waals surface area contributed by atoms with Gasteiger partial charge >= 0.3 is 5.97 Å². The van der Waals surface area contributed by atoms with Crippen molar-refractivity contribution in [2.24, 2.45) is 17.8 Å². The van der Waals surface area contributed by atoms with Crippen molar-refractivity contribution in [2.45, 2.75) is 44.9 Å². The van der Waals surface area contributed by atoms with Crippen molar-refractivity contribution in [3.8, 4) is 0 Å². The highest BCUT2D eigenvalue weighted by Crippen LogP contribution is 2.42. The summed E-state index contributed by atoms with van der Waals surface area (Å²) in [4.78, 5) is 15.6. The van der Waals surface area contributed by atoms with Gasteiger partial charge in [0.2, 0.25) is 5.89 Å². The van der Waals surface area contributed by atoms with Gasteiger partial charge in [-0.1, -0.05) is 12.1 Å². The molecule has 3 atom stereocenters. The van der Waals surface area contributed by atoms with E-state index < -0.39 is 5.97 Å². The second kappa shape index (κ2) is 4.37. The van der Waals surface area contributed by atoms with E-state index in [1.54, 1.807) is 0 Å². The van der Waals surface area contributed by atoms with Gasteiger partial charge < -0.3 is 9.63 Å². The molecule has 0 amide bonds. The minimum atomic E-state index is -0.744. The number of nitrogens with zero attached hydrogens (tertiary/aromatic N) is 2. The molecule has 2 saturated carbocycles. The predicted octanol–water partition coefficient (Wildman–Crippen LogP) is 2.24. The first-order valence-electron chi connectivity index (χ1n) is 6.68. The van der Waals surface area contributed by atoms with Crippen LogP contribution >= 0.6 is 0 Å². The zero-order valence-electron chi connectivity index (χ0n) is 10.5. The van der Waals surface area contributed by atoms with Crippen molar-refractivity contribution >= 4 is 5.97 Å². The van der Waals surface area contributed by atoms with Crippen LogP contribution in [0, 0.1) is 17.8 Å². The van der Waals surface area contributed by atoms with Crippen LogP contribution in [0.4, 0.5) is 0 Å². The fourth-order valence-electron chi connectivity index (χ4n) is 2.92. The highest BCUT2D eigenvalue weighted by Gasteiger charge is 2.41. The first-order chi connectivity index (χ1) is 8.63. The normalized spacial score (nSPS) is 31.7. The Morgan fingerprint density at radius 3 is 2.89 bits per heavy atom. The summed E-state index contributed by atoms with van der Waals surface area (Å²) in [6, 6.07) is 0. The average molecular weight is 250 g/mol. The van der Waals surface area contributed by atoms with Crippen LogP contribution in [0.25, 0.3) is 0 Å². The molecule has 3 rings (SSSR count). The number of carboxylic acid groups (broad SMARTS) is 1. The smallest absolute Gasteiger partial charge is 0.307 e. The molecule has 5 nitrogen and oxygen atoms in total.